The van der Waals surface area contributed by atoms with Crippen molar-refractivity contribution in [2.75, 3.05) is 5.73 Å². The average Bonchev–Trinajstić information content (AvgIpc) is 2.59. The molecule has 1 aromatic heterocycles. The SMILES string of the molecule is Nc1nccn1Cc1ccc(Cl)c(F)c1. The van der Waals surface area contributed by atoms with E-state index < -0.39 is 5.82 Å². The van der Waals surface area contributed by atoms with E-state index in [9.17, 15) is 4.39 Å². The fourth-order valence-electron chi connectivity index (χ4n) is 1.31. The van der Waals surface area contributed by atoms with Crippen molar-refractivity contribution in [1.82, 2.24) is 9.55 Å². The molecule has 2 N–H and O–H groups in total. The molecule has 0 aliphatic rings. The fourth-order valence-corrected chi connectivity index (χ4v) is 1.43. The first-order valence-electron chi connectivity index (χ1n) is 4.37. The summed E-state index contributed by atoms with van der Waals surface area (Å²) in [5.41, 5.74) is 6.38. The molecule has 0 atom stereocenters. The topological polar surface area (TPSA) is 43.8 Å². The van der Waals surface area contributed by atoms with Crippen LogP contribution >= 0.6 is 11.6 Å². The predicted octanol–water partition coefficient (Wildman–Crippen LogP) is 2.31. The summed E-state index contributed by atoms with van der Waals surface area (Å²) in [4.78, 5) is 3.87. The number of hydrogen-bond acceptors (Lipinski definition) is 2. The Bertz CT molecular complexity index is 481. The molecule has 0 aliphatic carbocycles. The number of benzene rings is 1. The van der Waals surface area contributed by atoms with Gasteiger partial charge in [0, 0.05) is 12.4 Å². The van der Waals surface area contributed by atoms with Gasteiger partial charge < -0.3 is 10.3 Å². The lowest BCUT2D eigenvalue weighted by atomic mass is 10.2. The lowest BCUT2D eigenvalue weighted by Gasteiger charge is -2.05. The van der Waals surface area contributed by atoms with Gasteiger partial charge in [-0.05, 0) is 17.7 Å². The van der Waals surface area contributed by atoms with E-state index in [0.717, 1.165) is 5.56 Å². The molecule has 0 amide bonds. The summed E-state index contributed by atoms with van der Waals surface area (Å²) in [6.07, 6.45) is 3.34. The van der Waals surface area contributed by atoms with E-state index in [1.807, 2.05) is 0 Å². The minimum absolute atomic E-state index is 0.123. The lowest BCUT2D eigenvalue weighted by Crippen LogP contribution is -2.03. The predicted molar refractivity (Wildman–Crippen MR) is 57.2 cm³/mol. The van der Waals surface area contributed by atoms with E-state index in [2.05, 4.69) is 4.98 Å². The number of nitrogens with two attached hydrogens (primary N) is 1. The minimum Gasteiger partial charge on any atom is -0.369 e. The first-order valence-corrected chi connectivity index (χ1v) is 4.75. The molecule has 0 saturated heterocycles. The van der Waals surface area contributed by atoms with Gasteiger partial charge >= 0.3 is 0 Å². The second-order valence-electron chi connectivity index (χ2n) is 3.16. The smallest absolute Gasteiger partial charge is 0.200 e. The van der Waals surface area contributed by atoms with Crippen molar-refractivity contribution in [2.45, 2.75) is 6.54 Å². The largest absolute Gasteiger partial charge is 0.369 e. The van der Waals surface area contributed by atoms with Crippen molar-refractivity contribution >= 4 is 17.5 Å². The van der Waals surface area contributed by atoms with Gasteiger partial charge in [0.2, 0.25) is 0 Å². The van der Waals surface area contributed by atoms with Crippen LogP contribution in [0.5, 0.6) is 0 Å². The molecule has 1 aromatic carbocycles. The fraction of sp³-hybridized carbons (Fsp3) is 0.100. The summed E-state index contributed by atoms with van der Waals surface area (Å²) in [5.74, 6) is -0.0155. The van der Waals surface area contributed by atoms with Crippen molar-refractivity contribution in [3.8, 4) is 0 Å². The molecule has 1 heterocycles. The number of anilines is 1. The third-order valence-corrected chi connectivity index (χ3v) is 2.39. The number of nitrogens with zero attached hydrogens (tertiary/aromatic N) is 2. The molecule has 0 radical (unpaired) electrons. The maximum Gasteiger partial charge on any atom is 0.200 e. The maximum absolute atomic E-state index is 13.1. The van der Waals surface area contributed by atoms with Crippen molar-refractivity contribution < 1.29 is 4.39 Å². The maximum atomic E-state index is 13.1. The van der Waals surface area contributed by atoms with Crippen LogP contribution in [-0.2, 0) is 6.54 Å². The molecule has 5 heteroatoms. The lowest BCUT2D eigenvalue weighted by molar-refractivity contribution is 0.624. The van der Waals surface area contributed by atoms with Gasteiger partial charge in [0.1, 0.15) is 5.82 Å². The van der Waals surface area contributed by atoms with Gasteiger partial charge in [0.25, 0.3) is 0 Å². The Morgan fingerprint density at radius 2 is 2.27 bits per heavy atom. The number of halogens is 2. The normalized spacial score (nSPS) is 10.5. The molecule has 0 unspecified atom stereocenters. The molecule has 78 valence electrons. The Labute approximate surface area is 91.3 Å². The van der Waals surface area contributed by atoms with Crippen LogP contribution in [0, 0.1) is 5.82 Å². The Hall–Kier alpha value is -1.55. The molecular weight excluding hydrogens is 217 g/mol. The number of hydrogen-bond donors (Lipinski definition) is 1. The van der Waals surface area contributed by atoms with Crippen LogP contribution in [0.25, 0.3) is 0 Å². The van der Waals surface area contributed by atoms with Gasteiger partial charge in [-0.1, -0.05) is 17.7 Å². The molecular formula is C10H9ClFN3. The molecule has 0 aliphatic heterocycles. The Balaban J connectivity index is 2.25. The molecule has 2 rings (SSSR count). The quantitative estimate of drug-likeness (QED) is 0.853. The zero-order valence-corrected chi connectivity index (χ0v) is 8.58. The average molecular weight is 226 g/mol. The number of aromatic nitrogens is 2. The summed E-state index contributed by atoms with van der Waals surface area (Å²) < 4.78 is 14.8. The van der Waals surface area contributed by atoms with Crippen molar-refractivity contribution in [2.24, 2.45) is 0 Å². The highest BCUT2D eigenvalue weighted by molar-refractivity contribution is 6.30. The van der Waals surface area contributed by atoms with Crippen LogP contribution in [-0.4, -0.2) is 9.55 Å². The van der Waals surface area contributed by atoms with E-state index in [1.165, 1.54) is 12.1 Å². The number of rotatable bonds is 2. The van der Waals surface area contributed by atoms with Crippen LogP contribution in [0.15, 0.2) is 30.6 Å². The van der Waals surface area contributed by atoms with E-state index >= 15 is 0 Å². The van der Waals surface area contributed by atoms with Crippen LogP contribution in [0.3, 0.4) is 0 Å². The van der Waals surface area contributed by atoms with E-state index in [4.69, 9.17) is 17.3 Å². The van der Waals surface area contributed by atoms with Crippen molar-refractivity contribution in [1.29, 1.82) is 0 Å². The van der Waals surface area contributed by atoms with Gasteiger partial charge in [-0.15, -0.1) is 0 Å². The van der Waals surface area contributed by atoms with Gasteiger partial charge in [0.15, 0.2) is 5.95 Å². The Kier molecular flexibility index (Phi) is 2.60. The van der Waals surface area contributed by atoms with Gasteiger partial charge in [-0.25, -0.2) is 9.37 Å². The molecule has 0 saturated carbocycles. The molecule has 0 bridgehead atoms. The zero-order valence-electron chi connectivity index (χ0n) is 7.82. The monoisotopic (exact) mass is 225 g/mol. The van der Waals surface area contributed by atoms with Gasteiger partial charge in [0.05, 0.1) is 11.6 Å². The molecule has 15 heavy (non-hydrogen) atoms. The number of nitrogen functional groups attached to an aromatic ring is 1. The van der Waals surface area contributed by atoms with Crippen LogP contribution < -0.4 is 5.73 Å². The highest BCUT2D eigenvalue weighted by atomic mass is 35.5. The summed E-state index contributed by atoms with van der Waals surface area (Å²) in [6.45, 7) is 0.486. The first kappa shape index (κ1) is 9.98. The summed E-state index contributed by atoms with van der Waals surface area (Å²) >= 11 is 5.57. The van der Waals surface area contributed by atoms with E-state index in [1.54, 1.807) is 23.0 Å². The van der Waals surface area contributed by atoms with Crippen molar-refractivity contribution in [3.63, 3.8) is 0 Å². The minimum atomic E-state index is -0.423. The van der Waals surface area contributed by atoms with Crippen LogP contribution in [0.4, 0.5) is 10.3 Å². The highest BCUT2D eigenvalue weighted by Crippen LogP contribution is 2.16. The number of imidazole rings is 1. The van der Waals surface area contributed by atoms with E-state index in [0.29, 0.717) is 12.5 Å². The second-order valence-corrected chi connectivity index (χ2v) is 3.57. The Morgan fingerprint density at radius 1 is 1.47 bits per heavy atom. The van der Waals surface area contributed by atoms with Gasteiger partial charge in [-0.2, -0.15) is 0 Å². The molecule has 2 aromatic rings. The second kappa shape index (κ2) is 3.90. The summed E-state index contributed by atoms with van der Waals surface area (Å²) in [6, 6.07) is 4.67. The van der Waals surface area contributed by atoms with Crippen LogP contribution in [0.2, 0.25) is 5.02 Å². The van der Waals surface area contributed by atoms with Crippen molar-refractivity contribution in [3.05, 3.63) is 47.0 Å². The zero-order chi connectivity index (χ0) is 10.8. The summed E-state index contributed by atoms with van der Waals surface area (Å²) in [7, 11) is 0. The Morgan fingerprint density at radius 3 is 2.87 bits per heavy atom. The first-order chi connectivity index (χ1) is 7.16. The van der Waals surface area contributed by atoms with E-state index in [-0.39, 0.29) is 5.02 Å². The summed E-state index contributed by atoms with van der Waals surface area (Å²) in [5, 5.41) is 0.123. The van der Waals surface area contributed by atoms with Crippen LogP contribution in [0.1, 0.15) is 5.56 Å². The third kappa shape index (κ3) is 2.10. The molecule has 0 fully saturated rings. The molecule has 3 nitrogen and oxygen atoms in total. The standard InChI is InChI=1S/C10H9ClFN3/c11-8-2-1-7(5-9(8)12)6-15-4-3-14-10(15)13/h1-5H,6H2,(H2,13,14). The third-order valence-electron chi connectivity index (χ3n) is 2.08. The molecule has 0 spiro atoms. The highest BCUT2D eigenvalue weighted by Gasteiger charge is 2.03. The van der Waals surface area contributed by atoms with Gasteiger partial charge in [-0.3, -0.25) is 0 Å².